The lowest BCUT2D eigenvalue weighted by atomic mass is 10.1. The number of hydrogen-bond acceptors (Lipinski definition) is 6. The maximum atomic E-state index is 4.64. The van der Waals surface area contributed by atoms with Gasteiger partial charge in [-0.15, -0.1) is 0 Å². The van der Waals surface area contributed by atoms with Crippen LogP contribution in [0.3, 0.4) is 0 Å². The molecule has 0 amide bonds. The van der Waals surface area contributed by atoms with Gasteiger partial charge in [0.1, 0.15) is 0 Å². The smallest absolute Gasteiger partial charge is 0.0464 e. The van der Waals surface area contributed by atoms with Crippen molar-refractivity contribution in [1.82, 2.24) is 0 Å². The van der Waals surface area contributed by atoms with Crippen LogP contribution in [-0.2, 0) is 0 Å². The van der Waals surface area contributed by atoms with Gasteiger partial charge in [0.15, 0.2) is 0 Å². The van der Waals surface area contributed by atoms with Gasteiger partial charge >= 0.3 is 0 Å². The van der Waals surface area contributed by atoms with Crippen molar-refractivity contribution in [2.45, 2.75) is 15.2 Å². The molecule has 6 heteroatoms. The van der Waals surface area contributed by atoms with Gasteiger partial charge in [-0.3, -0.25) is 0 Å². The zero-order valence-corrected chi connectivity index (χ0v) is 14.2. The van der Waals surface area contributed by atoms with E-state index < -0.39 is 0 Å². The van der Waals surface area contributed by atoms with E-state index in [2.05, 4.69) is 72.3 Å². The Morgan fingerprint density at radius 1 is 1.12 bits per heavy atom. The molecular weight excluding hydrogens is 313 g/mol. The van der Waals surface area contributed by atoms with Crippen LogP contribution in [0.25, 0.3) is 0 Å². The van der Waals surface area contributed by atoms with Gasteiger partial charge in [-0.25, -0.2) is 0 Å². The van der Waals surface area contributed by atoms with Crippen LogP contribution < -0.4 is 0 Å². The van der Waals surface area contributed by atoms with Crippen molar-refractivity contribution in [3.63, 3.8) is 0 Å². The van der Waals surface area contributed by atoms with E-state index in [-0.39, 0.29) is 0 Å². The molecule has 2 heterocycles. The van der Waals surface area contributed by atoms with Crippen molar-refractivity contribution in [2.75, 3.05) is 40.3 Å². The SMILES string of the molecule is SCC1CSC(CS)(C2CSCCS2)CS1. The average molecular weight is 331 g/mol. The molecule has 3 atom stereocenters. The Bertz CT molecular complexity index is 207. The first kappa shape index (κ1) is 14.5. The lowest BCUT2D eigenvalue weighted by molar-refractivity contribution is 0.721. The predicted octanol–water partition coefficient (Wildman–Crippen LogP) is 3.28. The summed E-state index contributed by atoms with van der Waals surface area (Å²) in [6.07, 6.45) is 0. The van der Waals surface area contributed by atoms with E-state index >= 15 is 0 Å². The van der Waals surface area contributed by atoms with Gasteiger partial charge in [0.25, 0.3) is 0 Å². The molecule has 0 aromatic rings. The summed E-state index contributed by atoms with van der Waals surface area (Å²) in [4.78, 5) is 0. The number of thioether (sulfide) groups is 4. The van der Waals surface area contributed by atoms with Gasteiger partial charge < -0.3 is 0 Å². The van der Waals surface area contributed by atoms with Gasteiger partial charge in [-0.05, 0) is 0 Å². The summed E-state index contributed by atoms with van der Waals surface area (Å²) >= 11 is 17.6. The zero-order chi connectivity index (χ0) is 11.4. The molecule has 2 aliphatic heterocycles. The minimum atomic E-state index is 0.422. The molecule has 3 unspecified atom stereocenters. The quantitative estimate of drug-likeness (QED) is 0.762. The van der Waals surface area contributed by atoms with Crippen LogP contribution in [-0.4, -0.2) is 55.5 Å². The van der Waals surface area contributed by atoms with E-state index in [9.17, 15) is 0 Å². The Morgan fingerprint density at radius 3 is 2.50 bits per heavy atom. The van der Waals surface area contributed by atoms with E-state index in [0.717, 1.165) is 22.0 Å². The van der Waals surface area contributed by atoms with E-state index in [1.165, 1.54) is 28.8 Å². The Labute approximate surface area is 127 Å². The lowest BCUT2D eigenvalue weighted by Gasteiger charge is -2.44. The first-order valence-corrected chi connectivity index (χ1v) is 11.0. The van der Waals surface area contributed by atoms with E-state index in [0.29, 0.717) is 4.75 Å². The van der Waals surface area contributed by atoms with E-state index in [1.807, 2.05) is 0 Å². The molecule has 94 valence electrons. The van der Waals surface area contributed by atoms with Crippen LogP contribution in [0.5, 0.6) is 0 Å². The molecule has 2 aliphatic rings. The van der Waals surface area contributed by atoms with Gasteiger partial charge in [0.05, 0.1) is 0 Å². The highest BCUT2D eigenvalue weighted by atomic mass is 32.2. The summed E-state index contributed by atoms with van der Waals surface area (Å²) in [5, 5.41) is 1.56. The normalized spacial score (nSPS) is 40.9. The van der Waals surface area contributed by atoms with Crippen molar-refractivity contribution in [1.29, 1.82) is 0 Å². The molecule has 0 bridgehead atoms. The van der Waals surface area contributed by atoms with Crippen LogP contribution in [0.4, 0.5) is 0 Å². The fourth-order valence-electron chi connectivity index (χ4n) is 1.88. The molecule has 0 spiro atoms. The summed E-state index contributed by atoms with van der Waals surface area (Å²) in [6.45, 7) is 0. The van der Waals surface area contributed by atoms with Crippen molar-refractivity contribution >= 4 is 72.3 Å². The number of thiol groups is 2. The van der Waals surface area contributed by atoms with Crippen molar-refractivity contribution in [3.8, 4) is 0 Å². The summed E-state index contributed by atoms with van der Waals surface area (Å²) in [6, 6.07) is 0. The largest absolute Gasteiger partial charge is 0.178 e. The standard InChI is InChI=1S/C10H18S6/c11-3-8-4-16-10(6-12,7-15-8)9-5-13-1-2-14-9/h8-9,11-12H,1-7H2. The van der Waals surface area contributed by atoms with E-state index in [1.54, 1.807) is 0 Å². The van der Waals surface area contributed by atoms with Gasteiger partial charge in [0, 0.05) is 55.5 Å². The molecule has 0 radical (unpaired) electrons. The lowest BCUT2D eigenvalue weighted by Crippen LogP contribution is -2.48. The third-order valence-corrected chi connectivity index (χ3v) is 11.2. The number of rotatable bonds is 3. The molecule has 2 rings (SSSR count). The van der Waals surface area contributed by atoms with Crippen LogP contribution in [0.2, 0.25) is 0 Å². The Kier molecular flexibility index (Phi) is 6.38. The molecular formula is C10H18S6. The fourth-order valence-corrected chi connectivity index (χ4v) is 10.0. The van der Waals surface area contributed by atoms with Crippen LogP contribution in [0, 0.1) is 0 Å². The molecule has 0 nitrogen and oxygen atoms in total. The molecule has 0 aliphatic carbocycles. The summed E-state index contributed by atoms with van der Waals surface area (Å²) < 4.78 is 0.422. The second kappa shape index (κ2) is 7.04. The second-order valence-corrected chi connectivity index (χ2v) is 9.95. The van der Waals surface area contributed by atoms with Crippen LogP contribution >= 0.6 is 72.3 Å². The predicted molar refractivity (Wildman–Crippen MR) is 92.7 cm³/mol. The van der Waals surface area contributed by atoms with Gasteiger partial charge in [0.2, 0.25) is 0 Å². The van der Waals surface area contributed by atoms with Crippen LogP contribution in [0.15, 0.2) is 0 Å². The van der Waals surface area contributed by atoms with Gasteiger partial charge in [-0.1, -0.05) is 0 Å². The maximum absolute atomic E-state index is 4.64. The Balaban J connectivity index is 1.96. The average Bonchev–Trinajstić information content (AvgIpc) is 2.40. The zero-order valence-electron chi connectivity index (χ0n) is 9.13. The highest BCUT2D eigenvalue weighted by Crippen LogP contribution is 2.47. The third-order valence-electron chi connectivity index (χ3n) is 2.99. The summed E-state index contributed by atoms with van der Waals surface area (Å²) in [5.41, 5.74) is 0. The summed E-state index contributed by atoms with van der Waals surface area (Å²) in [5.74, 6) is 8.56. The highest BCUT2D eigenvalue weighted by Gasteiger charge is 2.42. The van der Waals surface area contributed by atoms with Crippen molar-refractivity contribution < 1.29 is 0 Å². The van der Waals surface area contributed by atoms with E-state index in [4.69, 9.17) is 0 Å². The number of hydrogen-bond donors (Lipinski definition) is 2. The van der Waals surface area contributed by atoms with Gasteiger partial charge in [-0.2, -0.15) is 72.3 Å². The first-order valence-electron chi connectivity index (χ1n) is 5.47. The minimum absolute atomic E-state index is 0.422. The molecule has 2 fully saturated rings. The third kappa shape index (κ3) is 3.35. The first-order chi connectivity index (χ1) is 7.80. The van der Waals surface area contributed by atoms with Crippen molar-refractivity contribution in [2.24, 2.45) is 0 Å². The van der Waals surface area contributed by atoms with Crippen molar-refractivity contribution in [3.05, 3.63) is 0 Å². The minimum Gasteiger partial charge on any atom is -0.178 e. The topological polar surface area (TPSA) is 0 Å². The van der Waals surface area contributed by atoms with Crippen LogP contribution in [0.1, 0.15) is 0 Å². The highest BCUT2D eigenvalue weighted by molar-refractivity contribution is 8.10. The molecule has 0 saturated carbocycles. The molecule has 2 saturated heterocycles. The Hall–Kier alpha value is 2.10. The maximum Gasteiger partial charge on any atom is 0.0464 e. The molecule has 0 aromatic carbocycles. The molecule has 0 aromatic heterocycles. The Morgan fingerprint density at radius 2 is 2.00 bits per heavy atom. The summed E-state index contributed by atoms with van der Waals surface area (Å²) in [7, 11) is 0. The monoisotopic (exact) mass is 330 g/mol. The molecule has 0 N–H and O–H groups in total. The molecule has 16 heavy (non-hydrogen) atoms. The second-order valence-electron chi connectivity index (χ2n) is 4.08. The fraction of sp³-hybridized carbons (Fsp3) is 1.00.